The molecule has 0 saturated heterocycles. The van der Waals surface area contributed by atoms with Crippen LogP contribution in [0.5, 0.6) is 0 Å². The minimum atomic E-state index is 0.353. The Kier molecular flexibility index (Phi) is 2.69. The molecule has 0 aliphatic heterocycles. The van der Waals surface area contributed by atoms with Gasteiger partial charge in [0.1, 0.15) is 0 Å². The molecule has 2 N–H and O–H groups in total. The molecule has 3 heteroatoms. The Labute approximate surface area is 95.9 Å². The second-order valence-corrected chi connectivity index (χ2v) is 4.40. The molecular formula is C13H17N3. The lowest BCUT2D eigenvalue weighted by molar-refractivity contribution is 0.769. The van der Waals surface area contributed by atoms with Gasteiger partial charge in [-0.05, 0) is 25.0 Å². The third-order valence-electron chi connectivity index (χ3n) is 2.62. The SMILES string of the molecule is Cc1ccc(-n2cc(N)c(C(C)C)n2)cc1. The molecular weight excluding hydrogens is 198 g/mol. The molecule has 0 amide bonds. The lowest BCUT2D eigenvalue weighted by Crippen LogP contribution is -1.97. The van der Waals surface area contributed by atoms with Gasteiger partial charge < -0.3 is 5.73 Å². The van der Waals surface area contributed by atoms with E-state index in [0.717, 1.165) is 17.1 Å². The van der Waals surface area contributed by atoms with Crippen molar-refractivity contribution in [2.75, 3.05) is 5.73 Å². The molecule has 1 heterocycles. The van der Waals surface area contributed by atoms with Gasteiger partial charge >= 0.3 is 0 Å². The first-order chi connectivity index (χ1) is 7.58. The van der Waals surface area contributed by atoms with Crippen LogP contribution in [-0.4, -0.2) is 9.78 Å². The lowest BCUT2D eigenvalue weighted by atomic mass is 10.1. The summed E-state index contributed by atoms with van der Waals surface area (Å²) in [6, 6.07) is 8.24. The summed E-state index contributed by atoms with van der Waals surface area (Å²) in [5.74, 6) is 0.353. The number of nitrogen functional groups attached to an aromatic ring is 1. The largest absolute Gasteiger partial charge is 0.396 e. The number of aromatic nitrogens is 2. The van der Waals surface area contributed by atoms with E-state index in [0.29, 0.717) is 5.92 Å². The molecule has 0 bridgehead atoms. The van der Waals surface area contributed by atoms with Crippen LogP contribution in [-0.2, 0) is 0 Å². The average Bonchev–Trinajstić information content (AvgIpc) is 2.61. The van der Waals surface area contributed by atoms with Crippen LogP contribution in [0.1, 0.15) is 31.0 Å². The van der Waals surface area contributed by atoms with Gasteiger partial charge in [-0.1, -0.05) is 31.5 Å². The predicted octanol–water partition coefficient (Wildman–Crippen LogP) is 2.89. The van der Waals surface area contributed by atoms with Crippen molar-refractivity contribution in [3.8, 4) is 5.69 Å². The summed E-state index contributed by atoms with van der Waals surface area (Å²) in [6.07, 6.45) is 1.88. The van der Waals surface area contributed by atoms with Crippen molar-refractivity contribution in [1.82, 2.24) is 9.78 Å². The van der Waals surface area contributed by atoms with Crippen molar-refractivity contribution in [3.63, 3.8) is 0 Å². The van der Waals surface area contributed by atoms with E-state index in [1.165, 1.54) is 5.56 Å². The standard InChI is InChI=1S/C13H17N3/c1-9(2)13-12(14)8-16(15-13)11-6-4-10(3)5-7-11/h4-9H,14H2,1-3H3. The second-order valence-electron chi connectivity index (χ2n) is 4.40. The number of hydrogen-bond donors (Lipinski definition) is 1. The lowest BCUT2D eigenvalue weighted by Gasteiger charge is -2.02. The fourth-order valence-corrected chi connectivity index (χ4v) is 1.68. The fourth-order valence-electron chi connectivity index (χ4n) is 1.68. The van der Waals surface area contributed by atoms with E-state index in [1.807, 2.05) is 23.0 Å². The number of hydrogen-bond acceptors (Lipinski definition) is 2. The molecule has 1 aromatic carbocycles. The van der Waals surface area contributed by atoms with E-state index in [4.69, 9.17) is 5.73 Å². The highest BCUT2D eigenvalue weighted by molar-refractivity contribution is 5.46. The first kappa shape index (κ1) is 10.7. The number of rotatable bonds is 2. The smallest absolute Gasteiger partial charge is 0.0883 e. The van der Waals surface area contributed by atoms with Gasteiger partial charge in [0.2, 0.25) is 0 Å². The van der Waals surface area contributed by atoms with Crippen molar-refractivity contribution < 1.29 is 0 Å². The number of aryl methyl sites for hydroxylation is 1. The molecule has 0 spiro atoms. The topological polar surface area (TPSA) is 43.8 Å². The first-order valence-electron chi connectivity index (χ1n) is 5.50. The highest BCUT2D eigenvalue weighted by Crippen LogP contribution is 2.21. The molecule has 16 heavy (non-hydrogen) atoms. The number of anilines is 1. The van der Waals surface area contributed by atoms with Crippen molar-refractivity contribution in [3.05, 3.63) is 41.7 Å². The van der Waals surface area contributed by atoms with E-state index in [2.05, 4.69) is 38.0 Å². The Hall–Kier alpha value is -1.77. The summed E-state index contributed by atoms with van der Waals surface area (Å²) in [5, 5.41) is 4.50. The van der Waals surface area contributed by atoms with Gasteiger partial charge in [-0.3, -0.25) is 0 Å². The zero-order chi connectivity index (χ0) is 11.7. The molecule has 84 valence electrons. The van der Waals surface area contributed by atoms with Gasteiger partial charge in [-0.2, -0.15) is 5.10 Å². The minimum Gasteiger partial charge on any atom is -0.396 e. The van der Waals surface area contributed by atoms with Crippen LogP contribution in [0.4, 0.5) is 5.69 Å². The highest BCUT2D eigenvalue weighted by atomic mass is 15.3. The molecule has 3 nitrogen and oxygen atoms in total. The molecule has 2 aromatic rings. The van der Waals surface area contributed by atoms with E-state index < -0.39 is 0 Å². The minimum absolute atomic E-state index is 0.353. The maximum atomic E-state index is 5.93. The normalized spacial score (nSPS) is 11.0. The van der Waals surface area contributed by atoms with Gasteiger partial charge in [0.15, 0.2) is 0 Å². The monoisotopic (exact) mass is 215 g/mol. The van der Waals surface area contributed by atoms with E-state index in [-0.39, 0.29) is 0 Å². The van der Waals surface area contributed by atoms with Crippen LogP contribution in [0.25, 0.3) is 5.69 Å². The van der Waals surface area contributed by atoms with Crippen LogP contribution in [0.15, 0.2) is 30.5 Å². The molecule has 0 fully saturated rings. The van der Waals surface area contributed by atoms with Crippen molar-refractivity contribution in [2.24, 2.45) is 0 Å². The van der Waals surface area contributed by atoms with Gasteiger partial charge in [0, 0.05) is 0 Å². The van der Waals surface area contributed by atoms with Gasteiger partial charge in [0.25, 0.3) is 0 Å². The molecule has 0 aliphatic carbocycles. The maximum Gasteiger partial charge on any atom is 0.0883 e. The Morgan fingerprint density at radius 1 is 1.19 bits per heavy atom. The van der Waals surface area contributed by atoms with Gasteiger partial charge in [0.05, 0.1) is 23.3 Å². The van der Waals surface area contributed by atoms with Gasteiger partial charge in [-0.15, -0.1) is 0 Å². The summed E-state index contributed by atoms with van der Waals surface area (Å²) < 4.78 is 1.84. The number of nitrogens with zero attached hydrogens (tertiary/aromatic N) is 2. The Morgan fingerprint density at radius 2 is 1.81 bits per heavy atom. The maximum absolute atomic E-state index is 5.93. The van der Waals surface area contributed by atoms with Crippen LogP contribution in [0.3, 0.4) is 0 Å². The van der Waals surface area contributed by atoms with Crippen LogP contribution < -0.4 is 5.73 Å². The quantitative estimate of drug-likeness (QED) is 0.837. The third-order valence-corrected chi connectivity index (χ3v) is 2.62. The van der Waals surface area contributed by atoms with Crippen molar-refractivity contribution in [2.45, 2.75) is 26.7 Å². The molecule has 0 saturated carbocycles. The summed E-state index contributed by atoms with van der Waals surface area (Å²) >= 11 is 0. The Balaban J connectivity index is 2.41. The number of benzene rings is 1. The van der Waals surface area contributed by atoms with E-state index in [1.54, 1.807) is 0 Å². The zero-order valence-corrected chi connectivity index (χ0v) is 9.94. The summed E-state index contributed by atoms with van der Waals surface area (Å²) in [6.45, 7) is 6.26. The highest BCUT2D eigenvalue weighted by Gasteiger charge is 2.10. The van der Waals surface area contributed by atoms with Crippen molar-refractivity contribution in [1.29, 1.82) is 0 Å². The summed E-state index contributed by atoms with van der Waals surface area (Å²) in [7, 11) is 0. The fraction of sp³-hybridized carbons (Fsp3) is 0.308. The zero-order valence-electron chi connectivity index (χ0n) is 9.94. The molecule has 2 rings (SSSR count). The van der Waals surface area contributed by atoms with Crippen LogP contribution in [0, 0.1) is 6.92 Å². The predicted molar refractivity (Wildman–Crippen MR) is 66.8 cm³/mol. The molecule has 0 atom stereocenters. The van der Waals surface area contributed by atoms with Gasteiger partial charge in [-0.25, -0.2) is 4.68 Å². The first-order valence-corrected chi connectivity index (χ1v) is 5.50. The van der Waals surface area contributed by atoms with Crippen molar-refractivity contribution >= 4 is 5.69 Å². The third kappa shape index (κ3) is 1.94. The summed E-state index contributed by atoms with van der Waals surface area (Å²) in [5.41, 5.74) is 9.93. The Morgan fingerprint density at radius 3 is 2.31 bits per heavy atom. The van der Waals surface area contributed by atoms with E-state index in [9.17, 15) is 0 Å². The molecule has 1 aromatic heterocycles. The second kappa shape index (κ2) is 4.00. The molecule has 0 aliphatic rings. The van der Waals surface area contributed by atoms with E-state index >= 15 is 0 Å². The van der Waals surface area contributed by atoms with Crippen LogP contribution in [0.2, 0.25) is 0 Å². The number of nitrogens with two attached hydrogens (primary N) is 1. The molecule has 0 radical (unpaired) electrons. The molecule has 0 unspecified atom stereocenters. The Bertz CT molecular complexity index is 480. The van der Waals surface area contributed by atoms with Crippen LogP contribution >= 0.6 is 0 Å². The average molecular weight is 215 g/mol. The summed E-state index contributed by atoms with van der Waals surface area (Å²) in [4.78, 5) is 0.